The number of anilines is 1. The minimum Gasteiger partial charge on any atom is -0.454 e. The van der Waals surface area contributed by atoms with Crippen LogP contribution in [-0.4, -0.2) is 54.6 Å². The predicted octanol–water partition coefficient (Wildman–Crippen LogP) is 5.65. The maximum absolute atomic E-state index is 13.6. The number of benzene rings is 4. The molecule has 1 saturated heterocycles. The molecule has 0 bridgehead atoms. The molecule has 3 aliphatic heterocycles. The third kappa shape index (κ3) is 5.76. The molecule has 0 spiro atoms. The fourth-order valence-electron chi connectivity index (χ4n) is 5.87. The van der Waals surface area contributed by atoms with Crippen molar-refractivity contribution in [1.82, 2.24) is 9.80 Å². The van der Waals surface area contributed by atoms with Crippen molar-refractivity contribution in [3.05, 3.63) is 125 Å². The molecule has 7 rings (SSSR count). The minimum absolute atomic E-state index is 0.00943. The lowest BCUT2D eigenvalue weighted by atomic mass is 10.1. The third-order valence-corrected chi connectivity index (χ3v) is 8.21. The highest BCUT2D eigenvalue weighted by molar-refractivity contribution is 6.09. The lowest BCUT2D eigenvalue weighted by Gasteiger charge is -2.34. The van der Waals surface area contributed by atoms with E-state index in [-0.39, 0.29) is 24.4 Å². The highest BCUT2D eigenvalue weighted by Crippen LogP contribution is 2.37. The van der Waals surface area contributed by atoms with Gasteiger partial charge in [0.05, 0.1) is 12.2 Å². The number of hydrogen-bond acceptors (Lipinski definition) is 6. The van der Waals surface area contributed by atoms with Crippen LogP contribution >= 0.6 is 0 Å². The summed E-state index contributed by atoms with van der Waals surface area (Å²) in [6.45, 7) is 6.47. The van der Waals surface area contributed by atoms with Crippen LogP contribution in [-0.2, 0) is 17.9 Å². The minimum atomic E-state index is -0.205. The maximum atomic E-state index is 13.6. The van der Waals surface area contributed by atoms with Crippen LogP contribution in [0.25, 0.3) is 6.08 Å². The van der Waals surface area contributed by atoms with Gasteiger partial charge in [-0.3, -0.25) is 19.4 Å². The van der Waals surface area contributed by atoms with E-state index in [0.717, 1.165) is 53.5 Å². The summed E-state index contributed by atoms with van der Waals surface area (Å²) in [6.07, 6.45) is 1.74. The first-order valence-electron chi connectivity index (χ1n) is 14.9. The molecule has 0 N–H and O–H groups in total. The molecule has 0 saturated carbocycles. The summed E-state index contributed by atoms with van der Waals surface area (Å²) in [7, 11) is 0. The van der Waals surface area contributed by atoms with E-state index in [2.05, 4.69) is 17.0 Å². The molecule has 44 heavy (non-hydrogen) atoms. The summed E-state index contributed by atoms with van der Waals surface area (Å²) < 4.78 is 17.0. The zero-order chi connectivity index (χ0) is 30.0. The van der Waals surface area contributed by atoms with Gasteiger partial charge in [0.1, 0.15) is 0 Å². The number of rotatable bonds is 6. The first-order chi connectivity index (χ1) is 21.5. The molecule has 0 aliphatic carbocycles. The number of carbonyl (C=O) groups is 2. The smallest absolute Gasteiger partial charge is 0.294 e. The molecule has 0 aromatic heterocycles. The van der Waals surface area contributed by atoms with Crippen LogP contribution in [0.1, 0.15) is 32.6 Å². The number of ether oxygens (including phenoxy) is 3. The van der Waals surface area contributed by atoms with Crippen molar-refractivity contribution < 1.29 is 23.8 Å². The maximum Gasteiger partial charge on any atom is 0.294 e. The van der Waals surface area contributed by atoms with Crippen LogP contribution in [0.3, 0.4) is 0 Å². The molecule has 0 radical (unpaired) electrons. The van der Waals surface area contributed by atoms with Crippen molar-refractivity contribution in [2.75, 3.05) is 37.9 Å². The molecule has 4 aromatic rings. The summed E-state index contributed by atoms with van der Waals surface area (Å²) in [5.74, 6) is 2.26. The molecule has 3 aliphatic rings. The monoisotopic (exact) mass is 587 g/mol. The van der Waals surface area contributed by atoms with Gasteiger partial charge in [-0.1, -0.05) is 60.2 Å². The van der Waals surface area contributed by atoms with Gasteiger partial charge in [0.2, 0.25) is 6.79 Å². The predicted molar refractivity (Wildman–Crippen MR) is 168 cm³/mol. The second-order valence-corrected chi connectivity index (χ2v) is 11.3. The molecule has 8 nitrogen and oxygen atoms in total. The Labute approximate surface area is 256 Å². The Bertz CT molecular complexity index is 1740. The van der Waals surface area contributed by atoms with E-state index < -0.39 is 0 Å². The van der Waals surface area contributed by atoms with E-state index in [1.165, 1.54) is 5.56 Å². The normalized spacial score (nSPS) is 17.0. The fourth-order valence-corrected chi connectivity index (χ4v) is 5.87. The molecule has 3 heterocycles. The molecule has 2 amide bonds. The molecular formula is C36H33N3O5. The number of fused-ring (bicyclic) bond motifs is 2. The van der Waals surface area contributed by atoms with Crippen molar-refractivity contribution >= 4 is 23.6 Å². The number of piperazine rings is 1. The molecule has 0 unspecified atom stereocenters. The Morgan fingerprint density at radius 2 is 1.55 bits per heavy atom. The molecule has 1 fully saturated rings. The molecular weight excluding hydrogens is 554 g/mol. The van der Waals surface area contributed by atoms with Gasteiger partial charge in [0.15, 0.2) is 23.0 Å². The second kappa shape index (κ2) is 11.9. The summed E-state index contributed by atoms with van der Waals surface area (Å²) in [5.41, 5.74) is 5.51. The van der Waals surface area contributed by atoms with Crippen LogP contribution in [0, 0.1) is 6.92 Å². The largest absolute Gasteiger partial charge is 0.454 e. The van der Waals surface area contributed by atoms with Gasteiger partial charge < -0.3 is 19.1 Å². The Morgan fingerprint density at radius 1 is 0.773 bits per heavy atom. The van der Waals surface area contributed by atoms with Crippen LogP contribution in [0.2, 0.25) is 0 Å². The number of amides is 2. The Balaban J connectivity index is 1.00. The SMILES string of the molecule is Cc1cccc(CN2C(=O)/C(=C\c3ccc(C(=O)N4CCN(Cc5ccc6c(c5)OCO6)CC4)cc3)Oc3ccccc32)c1. The second-order valence-electron chi connectivity index (χ2n) is 11.3. The molecule has 8 heteroatoms. The number of aryl methyl sites for hydroxylation is 1. The first-order valence-corrected chi connectivity index (χ1v) is 14.9. The van der Waals surface area contributed by atoms with E-state index in [4.69, 9.17) is 14.2 Å². The van der Waals surface area contributed by atoms with Crippen LogP contribution in [0.15, 0.2) is 96.8 Å². The lowest BCUT2D eigenvalue weighted by Crippen LogP contribution is -2.48. The van der Waals surface area contributed by atoms with E-state index in [1.807, 2.05) is 90.7 Å². The number of para-hydroxylation sites is 2. The summed E-state index contributed by atoms with van der Waals surface area (Å²) in [4.78, 5) is 32.9. The van der Waals surface area contributed by atoms with Gasteiger partial charge in [0.25, 0.3) is 11.8 Å². The summed E-state index contributed by atoms with van der Waals surface area (Å²) >= 11 is 0. The van der Waals surface area contributed by atoms with Crippen molar-refractivity contribution in [2.24, 2.45) is 0 Å². The standard InChI is InChI=1S/C36H33N3O5/c1-25-5-4-6-27(19-25)23-39-30-7-2-3-8-31(30)44-34(36(39)41)20-26-9-12-29(13-10-26)35(40)38-17-15-37(16-18-38)22-28-11-14-32-33(21-28)43-24-42-32/h2-14,19-21H,15-18,22-24H2,1H3/b34-20+. The van der Waals surface area contributed by atoms with Crippen molar-refractivity contribution in [1.29, 1.82) is 0 Å². The quantitative estimate of drug-likeness (QED) is 0.272. The van der Waals surface area contributed by atoms with E-state index >= 15 is 0 Å². The lowest BCUT2D eigenvalue weighted by molar-refractivity contribution is -0.117. The van der Waals surface area contributed by atoms with Gasteiger partial charge in [-0.25, -0.2) is 0 Å². The molecule has 4 aromatic carbocycles. The zero-order valence-corrected chi connectivity index (χ0v) is 24.6. The highest BCUT2D eigenvalue weighted by Gasteiger charge is 2.30. The Morgan fingerprint density at radius 3 is 2.36 bits per heavy atom. The van der Waals surface area contributed by atoms with Gasteiger partial charge >= 0.3 is 0 Å². The highest BCUT2D eigenvalue weighted by atomic mass is 16.7. The summed E-state index contributed by atoms with van der Waals surface area (Å²) in [6, 6.07) is 29.1. The van der Waals surface area contributed by atoms with Gasteiger partial charge in [-0.05, 0) is 66.1 Å². The Hall–Kier alpha value is -5.08. The van der Waals surface area contributed by atoms with E-state index in [0.29, 0.717) is 30.9 Å². The van der Waals surface area contributed by atoms with E-state index in [1.54, 1.807) is 11.0 Å². The molecule has 0 atom stereocenters. The Kier molecular flexibility index (Phi) is 7.50. The number of carbonyl (C=O) groups excluding carboxylic acids is 2. The van der Waals surface area contributed by atoms with Gasteiger partial charge in [-0.2, -0.15) is 0 Å². The van der Waals surface area contributed by atoms with Crippen LogP contribution < -0.4 is 19.1 Å². The average Bonchev–Trinajstić information content (AvgIpc) is 3.52. The number of hydrogen-bond donors (Lipinski definition) is 0. The van der Waals surface area contributed by atoms with Crippen molar-refractivity contribution in [3.8, 4) is 17.2 Å². The van der Waals surface area contributed by atoms with Crippen molar-refractivity contribution in [3.63, 3.8) is 0 Å². The van der Waals surface area contributed by atoms with E-state index in [9.17, 15) is 9.59 Å². The van der Waals surface area contributed by atoms with Gasteiger partial charge in [0, 0.05) is 38.3 Å². The summed E-state index contributed by atoms with van der Waals surface area (Å²) in [5, 5.41) is 0. The van der Waals surface area contributed by atoms with Crippen LogP contribution in [0.4, 0.5) is 5.69 Å². The fraction of sp³-hybridized carbons (Fsp3) is 0.222. The average molecular weight is 588 g/mol. The van der Waals surface area contributed by atoms with Crippen molar-refractivity contribution in [2.45, 2.75) is 20.0 Å². The third-order valence-electron chi connectivity index (χ3n) is 8.21. The van der Waals surface area contributed by atoms with Gasteiger partial charge in [-0.15, -0.1) is 0 Å². The first kappa shape index (κ1) is 27.7. The van der Waals surface area contributed by atoms with Crippen LogP contribution in [0.5, 0.6) is 17.2 Å². The zero-order valence-electron chi connectivity index (χ0n) is 24.6. The number of nitrogens with zero attached hydrogens (tertiary/aromatic N) is 3. The molecule has 222 valence electrons. The topological polar surface area (TPSA) is 71.6 Å².